The van der Waals surface area contributed by atoms with Crippen molar-refractivity contribution in [3.05, 3.63) is 23.5 Å². The van der Waals surface area contributed by atoms with E-state index in [1.165, 1.54) is 25.7 Å². The lowest BCUT2D eigenvalue weighted by Crippen LogP contribution is -2.33. The third-order valence-electron chi connectivity index (χ3n) is 3.65. The fourth-order valence-corrected chi connectivity index (χ4v) is 3.45. The summed E-state index contributed by atoms with van der Waals surface area (Å²) >= 11 is 1.69. The Labute approximate surface area is 106 Å². The predicted octanol–water partition coefficient (Wildman–Crippen LogP) is 3.06. The molecule has 0 radical (unpaired) electrons. The van der Waals surface area contributed by atoms with Gasteiger partial charge in [0.25, 0.3) is 0 Å². The number of aromatic nitrogens is 2. The van der Waals surface area contributed by atoms with Gasteiger partial charge in [-0.1, -0.05) is 19.8 Å². The molecule has 2 aromatic rings. The minimum absolute atomic E-state index is 0.693. The van der Waals surface area contributed by atoms with E-state index in [0.717, 1.165) is 23.1 Å². The van der Waals surface area contributed by atoms with Crippen LogP contribution in [0.3, 0.4) is 0 Å². The molecule has 1 aliphatic rings. The molecule has 1 fully saturated rings. The molecule has 2 unspecified atom stereocenters. The summed E-state index contributed by atoms with van der Waals surface area (Å²) in [6.07, 6.45) is 9.62. The second-order valence-corrected chi connectivity index (χ2v) is 6.05. The Balaban J connectivity index is 1.58. The third-order valence-corrected chi connectivity index (χ3v) is 4.42. The third kappa shape index (κ3) is 2.53. The number of fused-ring (bicyclic) bond motifs is 1. The van der Waals surface area contributed by atoms with Crippen molar-refractivity contribution in [2.45, 2.75) is 45.2 Å². The highest BCUT2D eigenvalue weighted by Gasteiger charge is 2.18. The highest BCUT2D eigenvalue weighted by molar-refractivity contribution is 7.15. The standard InChI is InChI=1S/C13H19N3S/c1-10-3-2-4-11(7-10)14-8-12-9-16-5-6-17-13(16)15-12/h5-6,9-11,14H,2-4,7-8H2,1H3. The van der Waals surface area contributed by atoms with Gasteiger partial charge in [-0.15, -0.1) is 11.3 Å². The molecule has 2 atom stereocenters. The fourth-order valence-electron chi connectivity index (χ4n) is 2.73. The minimum atomic E-state index is 0.693. The van der Waals surface area contributed by atoms with Crippen LogP contribution in [0.15, 0.2) is 17.8 Å². The molecule has 2 aromatic heterocycles. The number of imidazole rings is 1. The number of nitrogens with one attached hydrogen (secondary N) is 1. The summed E-state index contributed by atoms with van der Waals surface area (Å²) in [7, 11) is 0. The molecule has 17 heavy (non-hydrogen) atoms. The summed E-state index contributed by atoms with van der Waals surface area (Å²) in [4.78, 5) is 5.69. The molecule has 0 spiro atoms. The molecule has 0 aromatic carbocycles. The average Bonchev–Trinajstić information content (AvgIpc) is 2.86. The predicted molar refractivity (Wildman–Crippen MR) is 71.3 cm³/mol. The van der Waals surface area contributed by atoms with Crippen molar-refractivity contribution < 1.29 is 0 Å². The van der Waals surface area contributed by atoms with E-state index < -0.39 is 0 Å². The number of thiazole rings is 1. The zero-order valence-electron chi connectivity index (χ0n) is 10.2. The Kier molecular flexibility index (Phi) is 3.16. The van der Waals surface area contributed by atoms with Crippen LogP contribution < -0.4 is 5.32 Å². The maximum absolute atomic E-state index is 4.60. The summed E-state index contributed by atoms with van der Waals surface area (Å²) in [5.74, 6) is 0.881. The summed E-state index contributed by atoms with van der Waals surface area (Å²) in [5, 5.41) is 5.72. The molecule has 92 valence electrons. The van der Waals surface area contributed by atoms with Gasteiger partial charge in [-0.25, -0.2) is 4.98 Å². The van der Waals surface area contributed by atoms with Crippen LogP contribution in [0.2, 0.25) is 0 Å². The molecule has 0 aliphatic heterocycles. The molecule has 1 N–H and O–H groups in total. The molecular formula is C13H19N3S. The van der Waals surface area contributed by atoms with Gasteiger partial charge in [0.1, 0.15) is 0 Å². The lowest BCUT2D eigenvalue weighted by Gasteiger charge is -2.27. The summed E-state index contributed by atoms with van der Waals surface area (Å²) in [6.45, 7) is 3.27. The largest absolute Gasteiger partial charge is 0.308 e. The van der Waals surface area contributed by atoms with E-state index in [9.17, 15) is 0 Å². The van der Waals surface area contributed by atoms with Crippen LogP contribution in [0.4, 0.5) is 0 Å². The van der Waals surface area contributed by atoms with Crippen LogP contribution in [-0.4, -0.2) is 15.4 Å². The SMILES string of the molecule is CC1CCCC(NCc2cn3ccsc3n2)C1. The lowest BCUT2D eigenvalue weighted by molar-refractivity contribution is 0.300. The first kappa shape index (κ1) is 11.2. The molecule has 2 heterocycles. The van der Waals surface area contributed by atoms with E-state index in [1.807, 2.05) is 0 Å². The summed E-state index contributed by atoms with van der Waals surface area (Å²) < 4.78 is 2.10. The van der Waals surface area contributed by atoms with Crippen molar-refractivity contribution in [1.82, 2.24) is 14.7 Å². The number of nitrogens with zero attached hydrogens (tertiary/aromatic N) is 2. The molecular weight excluding hydrogens is 230 g/mol. The Morgan fingerprint density at radius 2 is 2.47 bits per heavy atom. The normalized spacial score (nSPS) is 25.5. The van der Waals surface area contributed by atoms with E-state index >= 15 is 0 Å². The van der Waals surface area contributed by atoms with E-state index in [1.54, 1.807) is 11.3 Å². The Morgan fingerprint density at radius 1 is 1.53 bits per heavy atom. The van der Waals surface area contributed by atoms with E-state index in [-0.39, 0.29) is 0 Å². The Bertz CT molecular complexity index is 459. The van der Waals surface area contributed by atoms with Gasteiger partial charge in [0.15, 0.2) is 4.96 Å². The van der Waals surface area contributed by atoms with Crippen LogP contribution in [0.25, 0.3) is 4.96 Å². The second kappa shape index (κ2) is 4.78. The van der Waals surface area contributed by atoms with Gasteiger partial charge in [0, 0.05) is 30.4 Å². The van der Waals surface area contributed by atoms with Crippen LogP contribution >= 0.6 is 11.3 Å². The average molecular weight is 249 g/mol. The zero-order chi connectivity index (χ0) is 11.7. The van der Waals surface area contributed by atoms with Crippen LogP contribution in [0, 0.1) is 5.92 Å². The minimum Gasteiger partial charge on any atom is -0.308 e. The quantitative estimate of drug-likeness (QED) is 0.906. The number of hydrogen-bond donors (Lipinski definition) is 1. The van der Waals surface area contributed by atoms with Crippen LogP contribution in [0.5, 0.6) is 0 Å². The molecule has 0 amide bonds. The number of hydrogen-bond acceptors (Lipinski definition) is 3. The maximum Gasteiger partial charge on any atom is 0.193 e. The van der Waals surface area contributed by atoms with Crippen LogP contribution in [-0.2, 0) is 6.54 Å². The molecule has 3 nitrogen and oxygen atoms in total. The Hall–Kier alpha value is -0.870. The molecule has 1 saturated carbocycles. The number of rotatable bonds is 3. The highest BCUT2D eigenvalue weighted by Crippen LogP contribution is 2.23. The molecule has 3 rings (SSSR count). The van der Waals surface area contributed by atoms with Crippen molar-refractivity contribution in [3.8, 4) is 0 Å². The summed E-state index contributed by atoms with van der Waals surface area (Å²) in [5.41, 5.74) is 1.16. The van der Waals surface area contributed by atoms with Crippen molar-refractivity contribution in [2.75, 3.05) is 0 Å². The van der Waals surface area contributed by atoms with Gasteiger partial charge < -0.3 is 5.32 Å². The lowest BCUT2D eigenvalue weighted by atomic mass is 9.87. The van der Waals surface area contributed by atoms with E-state index in [0.29, 0.717) is 6.04 Å². The topological polar surface area (TPSA) is 29.3 Å². The molecule has 0 saturated heterocycles. The smallest absolute Gasteiger partial charge is 0.193 e. The van der Waals surface area contributed by atoms with Crippen molar-refractivity contribution >= 4 is 16.3 Å². The molecule has 4 heteroatoms. The first-order chi connectivity index (χ1) is 8.31. The zero-order valence-corrected chi connectivity index (χ0v) is 11.0. The fraction of sp³-hybridized carbons (Fsp3) is 0.615. The monoisotopic (exact) mass is 249 g/mol. The van der Waals surface area contributed by atoms with Gasteiger partial charge in [0.05, 0.1) is 5.69 Å². The first-order valence-electron chi connectivity index (χ1n) is 6.46. The van der Waals surface area contributed by atoms with Gasteiger partial charge in [0.2, 0.25) is 0 Å². The van der Waals surface area contributed by atoms with Gasteiger partial charge in [-0.3, -0.25) is 4.40 Å². The molecule has 0 bridgehead atoms. The highest BCUT2D eigenvalue weighted by atomic mass is 32.1. The first-order valence-corrected chi connectivity index (χ1v) is 7.33. The van der Waals surface area contributed by atoms with Gasteiger partial charge in [-0.2, -0.15) is 0 Å². The maximum atomic E-state index is 4.60. The van der Waals surface area contributed by atoms with Gasteiger partial charge >= 0.3 is 0 Å². The molecule has 1 aliphatic carbocycles. The van der Waals surface area contributed by atoms with Crippen molar-refractivity contribution in [2.24, 2.45) is 5.92 Å². The van der Waals surface area contributed by atoms with E-state index in [2.05, 4.69) is 39.4 Å². The van der Waals surface area contributed by atoms with Crippen molar-refractivity contribution in [1.29, 1.82) is 0 Å². The van der Waals surface area contributed by atoms with Crippen molar-refractivity contribution in [3.63, 3.8) is 0 Å². The summed E-state index contributed by atoms with van der Waals surface area (Å²) in [6, 6.07) is 0.693. The van der Waals surface area contributed by atoms with Crippen LogP contribution in [0.1, 0.15) is 38.3 Å². The van der Waals surface area contributed by atoms with Gasteiger partial charge in [-0.05, 0) is 18.8 Å². The second-order valence-electron chi connectivity index (χ2n) is 5.17. The van der Waals surface area contributed by atoms with E-state index in [4.69, 9.17) is 0 Å². The Morgan fingerprint density at radius 3 is 3.29 bits per heavy atom.